The van der Waals surface area contributed by atoms with Crippen LogP contribution in [0.5, 0.6) is 5.75 Å². The predicted molar refractivity (Wildman–Crippen MR) is 105 cm³/mol. The van der Waals surface area contributed by atoms with E-state index in [4.69, 9.17) is 9.47 Å². The average molecular weight is 351 g/mol. The zero-order chi connectivity index (χ0) is 18.9. The first kappa shape index (κ1) is 21.3. The predicted octanol–water partition coefficient (Wildman–Crippen LogP) is 2.03. The lowest BCUT2D eigenvalue weighted by molar-refractivity contribution is 0.145. The molecule has 0 fully saturated rings. The number of ether oxygens (including phenoxy) is 2. The van der Waals surface area contributed by atoms with Crippen molar-refractivity contribution in [3.05, 3.63) is 29.3 Å². The molecule has 0 heterocycles. The SMILES string of the molecule is CN=C(NCc1ccc(C)cc1OCCOC)NCC(C)(C)N(C)C. The smallest absolute Gasteiger partial charge is 0.191 e. The molecule has 0 radical (unpaired) electrons. The van der Waals surface area contributed by atoms with Crippen molar-refractivity contribution in [3.63, 3.8) is 0 Å². The summed E-state index contributed by atoms with van der Waals surface area (Å²) in [6.07, 6.45) is 0. The summed E-state index contributed by atoms with van der Waals surface area (Å²) in [6, 6.07) is 6.23. The Morgan fingerprint density at radius 3 is 2.52 bits per heavy atom. The Labute approximate surface area is 152 Å². The van der Waals surface area contributed by atoms with Gasteiger partial charge in [0.05, 0.1) is 6.61 Å². The van der Waals surface area contributed by atoms with E-state index in [1.807, 2.05) is 0 Å². The lowest BCUT2D eigenvalue weighted by Gasteiger charge is -2.33. The van der Waals surface area contributed by atoms with Crippen LogP contribution in [0.2, 0.25) is 0 Å². The van der Waals surface area contributed by atoms with Crippen molar-refractivity contribution < 1.29 is 9.47 Å². The minimum Gasteiger partial charge on any atom is -0.491 e. The molecule has 1 rings (SSSR count). The van der Waals surface area contributed by atoms with Crippen molar-refractivity contribution >= 4 is 5.96 Å². The summed E-state index contributed by atoms with van der Waals surface area (Å²) in [5.74, 6) is 1.66. The Morgan fingerprint density at radius 1 is 1.20 bits per heavy atom. The largest absolute Gasteiger partial charge is 0.491 e. The van der Waals surface area contributed by atoms with Crippen LogP contribution in [0.25, 0.3) is 0 Å². The van der Waals surface area contributed by atoms with E-state index in [1.165, 1.54) is 5.56 Å². The molecule has 142 valence electrons. The third-order valence-corrected chi connectivity index (χ3v) is 4.34. The lowest BCUT2D eigenvalue weighted by Crippen LogP contribution is -2.50. The van der Waals surface area contributed by atoms with Gasteiger partial charge in [0, 0.05) is 38.3 Å². The fraction of sp³-hybridized carbons (Fsp3) is 0.632. The first-order valence-corrected chi connectivity index (χ1v) is 8.63. The summed E-state index contributed by atoms with van der Waals surface area (Å²) >= 11 is 0. The van der Waals surface area contributed by atoms with Gasteiger partial charge in [-0.15, -0.1) is 0 Å². The molecule has 0 atom stereocenters. The van der Waals surface area contributed by atoms with Crippen LogP contribution in [0, 0.1) is 6.92 Å². The molecular formula is C19H34N4O2. The number of hydrogen-bond acceptors (Lipinski definition) is 4. The molecule has 6 heteroatoms. The molecule has 0 spiro atoms. The Hall–Kier alpha value is -1.79. The highest BCUT2D eigenvalue weighted by atomic mass is 16.5. The van der Waals surface area contributed by atoms with E-state index in [9.17, 15) is 0 Å². The zero-order valence-electron chi connectivity index (χ0n) is 16.8. The minimum atomic E-state index is 0.0376. The molecule has 0 saturated heterocycles. The molecule has 0 bridgehead atoms. The molecule has 25 heavy (non-hydrogen) atoms. The van der Waals surface area contributed by atoms with Gasteiger partial charge in [0.1, 0.15) is 12.4 Å². The van der Waals surface area contributed by atoms with Gasteiger partial charge in [-0.05, 0) is 46.5 Å². The first-order valence-electron chi connectivity index (χ1n) is 8.63. The van der Waals surface area contributed by atoms with Gasteiger partial charge in [-0.1, -0.05) is 12.1 Å². The van der Waals surface area contributed by atoms with Crippen molar-refractivity contribution in [2.24, 2.45) is 4.99 Å². The van der Waals surface area contributed by atoms with Crippen LogP contribution in [0.4, 0.5) is 0 Å². The van der Waals surface area contributed by atoms with Crippen LogP contribution >= 0.6 is 0 Å². The number of aryl methyl sites for hydroxylation is 1. The van der Waals surface area contributed by atoms with Crippen LogP contribution in [-0.2, 0) is 11.3 Å². The van der Waals surface area contributed by atoms with Gasteiger partial charge in [0.15, 0.2) is 5.96 Å². The van der Waals surface area contributed by atoms with Crippen LogP contribution in [0.3, 0.4) is 0 Å². The summed E-state index contributed by atoms with van der Waals surface area (Å²) in [6.45, 7) is 8.99. The second-order valence-corrected chi connectivity index (χ2v) is 6.94. The lowest BCUT2D eigenvalue weighted by atomic mass is 10.0. The summed E-state index contributed by atoms with van der Waals surface area (Å²) in [7, 11) is 7.61. The Kier molecular flexibility index (Phi) is 8.72. The van der Waals surface area contributed by atoms with E-state index in [0.717, 1.165) is 23.8 Å². The number of benzene rings is 1. The fourth-order valence-electron chi connectivity index (χ4n) is 2.03. The maximum atomic E-state index is 5.84. The van der Waals surface area contributed by atoms with Crippen molar-refractivity contribution in [2.75, 3.05) is 48.0 Å². The zero-order valence-corrected chi connectivity index (χ0v) is 16.8. The van der Waals surface area contributed by atoms with E-state index in [2.05, 4.69) is 73.6 Å². The third-order valence-electron chi connectivity index (χ3n) is 4.34. The van der Waals surface area contributed by atoms with Gasteiger partial charge in [0.25, 0.3) is 0 Å². The number of methoxy groups -OCH3 is 1. The number of nitrogens with zero attached hydrogens (tertiary/aromatic N) is 2. The second-order valence-electron chi connectivity index (χ2n) is 6.94. The Balaban J connectivity index is 2.65. The van der Waals surface area contributed by atoms with Gasteiger partial charge in [-0.25, -0.2) is 0 Å². The summed E-state index contributed by atoms with van der Waals surface area (Å²) in [4.78, 5) is 6.49. The number of rotatable bonds is 9. The van der Waals surface area contributed by atoms with Crippen molar-refractivity contribution in [3.8, 4) is 5.75 Å². The van der Waals surface area contributed by atoms with Gasteiger partial charge in [0.2, 0.25) is 0 Å². The highest BCUT2D eigenvalue weighted by Gasteiger charge is 2.20. The van der Waals surface area contributed by atoms with E-state index in [0.29, 0.717) is 19.8 Å². The monoisotopic (exact) mass is 350 g/mol. The van der Waals surface area contributed by atoms with E-state index >= 15 is 0 Å². The molecule has 1 aromatic rings. The maximum absolute atomic E-state index is 5.84. The molecule has 1 aromatic carbocycles. The maximum Gasteiger partial charge on any atom is 0.191 e. The molecule has 0 saturated carbocycles. The Morgan fingerprint density at radius 2 is 1.92 bits per heavy atom. The summed E-state index contributed by atoms with van der Waals surface area (Å²) in [5, 5.41) is 6.74. The van der Waals surface area contributed by atoms with Crippen LogP contribution in [-0.4, -0.2) is 64.4 Å². The molecular weight excluding hydrogens is 316 g/mol. The number of nitrogens with one attached hydrogen (secondary N) is 2. The van der Waals surface area contributed by atoms with Gasteiger partial charge < -0.3 is 25.0 Å². The first-order chi connectivity index (χ1) is 11.8. The molecule has 0 aliphatic rings. The van der Waals surface area contributed by atoms with Gasteiger partial charge in [-0.2, -0.15) is 0 Å². The average Bonchev–Trinajstić information content (AvgIpc) is 2.56. The normalized spacial score (nSPS) is 12.4. The molecule has 0 aliphatic carbocycles. The number of guanidine groups is 1. The minimum absolute atomic E-state index is 0.0376. The molecule has 0 aromatic heterocycles. The Bertz CT molecular complexity index is 556. The number of likely N-dealkylation sites (N-methyl/N-ethyl adjacent to an activating group) is 1. The summed E-state index contributed by atoms with van der Waals surface area (Å²) < 4.78 is 10.9. The number of hydrogen-bond donors (Lipinski definition) is 2. The molecule has 0 aliphatic heterocycles. The third kappa shape index (κ3) is 7.32. The molecule has 6 nitrogen and oxygen atoms in total. The number of aliphatic imine (C=N–C) groups is 1. The van der Waals surface area contributed by atoms with Crippen molar-refractivity contribution in [1.29, 1.82) is 0 Å². The summed E-state index contributed by atoms with van der Waals surface area (Å²) in [5.41, 5.74) is 2.30. The molecule has 0 amide bonds. The molecule has 2 N–H and O–H groups in total. The topological polar surface area (TPSA) is 58.1 Å². The second kappa shape index (κ2) is 10.3. The highest BCUT2D eigenvalue weighted by molar-refractivity contribution is 5.79. The van der Waals surface area contributed by atoms with E-state index in [1.54, 1.807) is 14.2 Å². The van der Waals surface area contributed by atoms with Crippen LogP contribution in [0.1, 0.15) is 25.0 Å². The highest BCUT2D eigenvalue weighted by Crippen LogP contribution is 2.20. The van der Waals surface area contributed by atoms with Crippen LogP contribution in [0.15, 0.2) is 23.2 Å². The van der Waals surface area contributed by atoms with E-state index in [-0.39, 0.29) is 5.54 Å². The fourth-order valence-corrected chi connectivity index (χ4v) is 2.03. The van der Waals surface area contributed by atoms with Gasteiger partial charge >= 0.3 is 0 Å². The standard InChI is InChI=1S/C19H34N4O2/c1-15-8-9-16(17(12-15)25-11-10-24-7)13-21-18(20-4)22-14-19(2,3)23(5)6/h8-9,12H,10-11,13-14H2,1-7H3,(H2,20,21,22). The van der Waals surface area contributed by atoms with Gasteiger partial charge in [-0.3, -0.25) is 4.99 Å². The van der Waals surface area contributed by atoms with Crippen molar-refractivity contribution in [1.82, 2.24) is 15.5 Å². The quantitative estimate of drug-likeness (QED) is 0.405. The van der Waals surface area contributed by atoms with Crippen molar-refractivity contribution in [2.45, 2.75) is 32.9 Å². The van der Waals surface area contributed by atoms with Crippen LogP contribution < -0.4 is 15.4 Å². The molecule has 0 unspecified atom stereocenters. The van der Waals surface area contributed by atoms with E-state index < -0.39 is 0 Å².